The van der Waals surface area contributed by atoms with Gasteiger partial charge in [0.1, 0.15) is 16.6 Å². The molecule has 1 saturated carbocycles. The zero-order valence-electron chi connectivity index (χ0n) is 17.7. The Morgan fingerprint density at radius 1 is 1.27 bits per heavy atom. The first-order valence-electron chi connectivity index (χ1n) is 10.4. The van der Waals surface area contributed by atoms with E-state index < -0.39 is 11.8 Å². The third kappa shape index (κ3) is 3.67. The van der Waals surface area contributed by atoms with Gasteiger partial charge in [-0.15, -0.1) is 0 Å². The van der Waals surface area contributed by atoms with Crippen molar-refractivity contribution in [2.24, 2.45) is 5.92 Å². The van der Waals surface area contributed by atoms with Crippen molar-refractivity contribution >= 4 is 17.5 Å². The van der Waals surface area contributed by atoms with E-state index in [9.17, 15) is 14.7 Å². The van der Waals surface area contributed by atoms with Gasteiger partial charge in [-0.3, -0.25) is 15.0 Å². The first kappa shape index (κ1) is 20.4. The fourth-order valence-corrected chi connectivity index (χ4v) is 3.78. The van der Waals surface area contributed by atoms with E-state index in [1.54, 1.807) is 9.47 Å². The predicted octanol–water partition coefficient (Wildman–Crippen LogP) is 0.257. The topological polar surface area (TPSA) is 119 Å². The number of fused-ring (bicyclic) bond motifs is 1. The van der Waals surface area contributed by atoms with Gasteiger partial charge >= 0.3 is 0 Å². The largest absolute Gasteiger partial charge is 0.493 e. The van der Waals surface area contributed by atoms with E-state index in [4.69, 9.17) is 5.41 Å². The van der Waals surface area contributed by atoms with Crippen molar-refractivity contribution < 1.29 is 14.7 Å². The molecular weight excluding hydrogens is 386 g/mol. The van der Waals surface area contributed by atoms with Gasteiger partial charge in [0.15, 0.2) is 5.65 Å². The molecule has 1 aliphatic heterocycles. The molecule has 2 aromatic heterocycles. The minimum Gasteiger partial charge on any atom is -0.493 e. The summed E-state index contributed by atoms with van der Waals surface area (Å²) in [6.07, 6.45) is 3.23. The fourth-order valence-electron chi connectivity index (χ4n) is 3.78. The first-order valence-corrected chi connectivity index (χ1v) is 10.4. The van der Waals surface area contributed by atoms with Gasteiger partial charge in [-0.1, -0.05) is 13.8 Å². The molecule has 2 aromatic rings. The molecule has 10 heteroatoms. The second-order valence-corrected chi connectivity index (χ2v) is 8.69. The van der Waals surface area contributed by atoms with Gasteiger partial charge in [0.05, 0.1) is 6.20 Å². The summed E-state index contributed by atoms with van der Waals surface area (Å²) in [5.41, 5.74) is 0.452. The molecule has 2 fully saturated rings. The number of carbonyl (C=O) groups excluding carboxylic acids is 2. The van der Waals surface area contributed by atoms with Crippen molar-refractivity contribution in [3.63, 3.8) is 0 Å². The molecule has 0 bridgehead atoms. The number of aromatic nitrogens is 3. The molecule has 2 amide bonds. The summed E-state index contributed by atoms with van der Waals surface area (Å²) in [4.78, 5) is 29.9. The second kappa shape index (κ2) is 7.75. The highest BCUT2D eigenvalue weighted by Gasteiger charge is 2.31. The lowest BCUT2D eigenvalue weighted by molar-refractivity contribution is 0.0665. The molecular formula is C20H29N7O3. The van der Waals surface area contributed by atoms with Gasteiger partial charge in [0, 0.05) is 38.8 Å². The Labute approximate surface area is 174 Å². The number of nitrogens with zero attached hydrogens (tertiary/aromatic N) is 5. The van der Waals surface area contributed by atoms with Gasteiger partial charge in [-0.2, -0.15) is 9.61 Å². The van der Waals surface area contributed by atoms with Gasteiger partial charge in [0.2, 0.25) is 5.88 Å². The molecule has 0 spiro atoms. The summed E-state index contributed by atoms with van der Waals surface area (Å²) < 4.78 is 2.83. The van der Waals surface area contributed by atoms with Crippen LogP contribution in [0.2, 0.25) is 0 Å². The van der Waals surface area contributed by atoms with Crippen LogP contribution in [0, 0.1) is 11.3 Å². The van der Waals surface area contributed by atoms with Crippen molar-refractivity contribution in [2.45, 2.75) is 39.3 Å². The summed E-state index contributed by atoms with van der Waals surface area (Å²) in [5.74, 6) is -0.912. The molecule has 10 nitrogen and oxygen atoms in total. The van der Waals surface area contributed by atoms with Crippen molar-refractivity contribution in [3.8, 4) is 5.88 Å². The van der Waals surface area contributed by atoms with E-state index in [1.165, 1.54) is 10.7 Å². The first-order chi connectivity index (χ1) is 14.3. The predicted molar refractivity (Wildman–Crippen MR) is 109 cm³/mol. The Hall–Kier alpha value is -2.88. The Kier molecular flexibility index (Phi) is 5.27. The van der Waals surface area contributed by atoms with E-state index in [-0.39, 0.29) is 28.9 Å². The van der Waals surface area contributed by atoms with Crippen LogP contribution in [0.15, 0.2) is 6.20 Å². The number of nitrogens with one attached hydrogen (secondary N) is 2. The third-order valence-electron chi connectivity index (χ3n) is 5.64. The monoisotopic (exact) mass is 415 g/mol. The number of aromatic hydroxyl groups is 1. The lowest BCUT2D eigenvalue weighted by Crippen LogP contribution is -2.47. The van der Waals surface area contributed by atoms with E-state index in [1.807, 2.05) is 20.9 Å². The quantitative estimate of drug-likeness (QED) is 0.647. The molecule has 0 atom stereocenters. The lowest BCUT2D eigenvalue weighted by Gasteiger charge is -2.32. The minimum atomic E-state index is -0.484. The number of carbonyl (C=O) groups is 2. The molecule has 0 radical (unpaired) electrons. The molecule has 30 heavy (non-hydrogen) atoms. The summed E-state index contributed by atoms with van der Waals surface area (Å²) in [6.45, 7) is 7.21. The maximum absolute atomic E-state index is 13.2. The smallest absolute Gasteiger partial charge is 0.260 e. The molecule has 3 N–H and O–H groups in total. The Morgan fingerprint density at radius 2 is 1.93 bits per heavy atom. The van der Waals surface area contributed by atoms with E-state index in [0.717, 1.165) is 25.9 Å². The number of likely N-dealkylation sites (N-methyl/N-ethyl adjacent to an activating group) is 1. The van der Waals surface area contributed by atoms with Gasteiger partial charge in [-0.25, -0.2) is 0 Å². The third-order valence-corrected chi connectivity index (χ3v) is 5.64. The standard InChI is InChI=1S/C20H29N7O3/c1-12(2)11-26-16(21)15(17(28)23-13-4-5-13)20(30)27-18(26)14(10-22-27)19(29)25-8-6-24(3)7-9-25/h10,12-13,21,30H,4-9,11H2,1-3H3,(H,23,28). The van der Waals surface area contributed by atoms with Crippen molar-refractivity contribution in [3.05, 3.63) is 22.8 Å². The zero-order chi connectivity index (χ0) is 21.6. The molecule has 1 aliphatic carbocycles. The van der Waals surface area contributed by atoms with Crippen LogP contribution in [0.4, 0.5) is 0 Å². The average Bonchev–Trinajstić information content (AvgIpc) is 3.39. The number of hydrogen-bond donors (Lipinski definition) is 3. The van der Waals surface area contributed by atoms with Crippen LogP contribution in [-0.2, 0) is 6.54 Å². The highest BCUT2D eigenvalue weighted by molar-refractivity contribution is 6.01. The van der Waals surface area contributed by atoms with E-state index >= 15 is 0 Å². The number of hydrogen-bond acceptors (Lipinski definition) is 6. The molecule has 0 aromatic carbocycles. The Morgan fingerprint density at radius 3 is 2.53 bits per heavy atom. The van der Waals surface area contributed by atoms with Crippen LogP contribution in [0.5, 0.6) is 5.88 Å². The summed E-state index contributed by atoms with van der Waals surface area (Å²) in [6, 6.07) is 0.0949. The van der Waals surface area contributed by atoms with Crippen LogP contribution in [0.25, 0.3) is 5.65 Å². The van der Waals surface area contributed by atoms with Crippen LogP contribution in [0.3, 0.4) is 0 Å². The zero-order valence-corrected chi connectivity index (χ0v) is 17.7. The normalized spacial score (nSPS) is 17.7. The van der Waals surface area contributed by atoms with Gasteiger partial charge in [-0.05, 0) is 25.8 Å². The van der Waals surface area contributed by atoms with Crippen LogP contribution < -0.4 is 10.8 Å². The highest BCUT2D eigenvalue weighted by Crippen LogP contribution is 2.24. The molecule has 4 rings (SSSR count). The molecule has 162 valence electrons. The SMILES string of the molecule is CC(C)Cn1c(=N)c(C(=O)NC2CC2)c(O)n2ncc(C(=O)N3CCN(C)CC3)c12. The van der Waals surface area contributed by atoms with E-state index in [0.29, 0.717) is 30.8 Å². The minimum absolute atomic E-state index is 0.0949. The number of amides is 2. The highest BCUT2D eigenvalue weighted by atomic mass is 16.3. The van der Waals surface area contributed by atoms with Crippen LogP contribution >= 0.6 is 0 Å². The fraction of sp³-hybridized carbons (Fsp3) is 0.600. The summed E-state index contributed by atoms with van der Waals surface area (Å²) in [5, 5.41) is 26.5. The number of rotatable bonds is 5. The number of piperazine rings is 1. The van der Waals surface area contributed by atoms with Crippen LogP contribution in [-0.4, -0.2) is 80.2 Å². The maximum Gasteiger partial charge on any atom is 0.260 e. The summed E-state index contributed by atoms with van der Waals surface area (Å²) in [7, 11) is 2.02. The Balaban J connectivity index is 1.83. The molecule has 0 unspecified atom stereocenters. The second-order valence-electron chi connectivity index (χ2n) is 8.69. The average molecular weight is 415 g/mol. The van der Waals surface area contributed by atoms with Crippen molar-refractivity contribution in [1.82, 2.24) is 29.3 Å². The summed E-state index contributed by atoms with van der Waals surface area (Å²) >= 11 is 0. The van der Waals surface area contributed by atoms with E-state index in [2.05, 4.69) is 15.3 Å². The Bertz CT molecular complexity index is 1040. The lowest BCUT2D eigenvalue weighted by atomic mass is 10.2. The van der Waals surface area contributed by atoms with Gasteiger partial charge in [0.25, 0.3) is 11.8 Å². The molecule has 1 saturated heterocycles. The molecule has 3 heterocycles. The van der Waals surface area contributed by atoms with Crippen LogP contribution in [0.1, 0.15) is 47.4 Å². The van der Waals surface area contributed by atoms with Crippen molar-refractivity contribution in [1.29, 1.82) is 5.41 Å². The van der Waals surface area contributed by atoms with Gasteiger partial charge < -0.3 is 24.8 Å². The van der Waals surface area contributed by atoms with Crippen molar-refractivity contribution in [2.75, 3.05) is 33.2 Å². The maximum atomic E-state index is 13.2. The molecule has 2 aliphatic rings.